The number of nitrogens with two attached hydrogens (primary N) is 1. The second kappa shape index (κ2) is 5.06. The molecule has 1 heterocycles. The van der Waals surface area contributed by atoms with Crippen molar-refractivity contribution in [3.8, 4) is 6.07 Å². The minimum Gasteiger partial charge on any atom is -0.398 e. The van der Waals surface area contributed by atoms with Gasteiger partial charge in [-0.3, -0.25) is 4.57 Å². The molecule has 2 aromatic rings. The minimum absolute atomic E-state index is 0.164. The zero-order valence-corrected chi connectivity index (χ0v) is 11.5. The van der Waals surface area contributed by atoms with Crippen molar-refractivity contribution in [2.24, 2.45) is 0 Å². The first-order valence-corrected chi connectivity index (χ1v) is 7.11. The topological polar surface area (TPSA) is 100 Å². The molecule has 0 bridgehead atoms. The van der Waals surface area contributed by atoms with Gasteiger partial charge in [0.15, 0.2) is 5.16 Å². The SMILES string of the molecule is N#CCc1cc(Sc2n[nH]c(=O)n2C2CC2)ccc1N. The molecule has 0 spiro atoms. The molecule has 0 atom stereocenters. The summed E-state index contributed by atoms with van der Waals surface area (Å²) in [5.74, 6) is 0. The van der Waals surface area contributed by atoms with Crippen LogP contribution in [0.3, 0.4) is 0 Å². The highest BCUT2D eigenvalue weighted by atomic mass is 32.2. The van der Waals surface area contributed by atoms with E-state index < -0.39 is 0 Å². The Bertz CT molecular complexity index is 738. The van der Waals surface area contributed by atoms with E-state index >= 15 is 0 Å². The number of nitrogens with zero attached hydrogens (tertiary/aromatic N) is 3. The fraction of sp³-hybridized carbons (Fsp3) is 0.308. The van der Waals surface area contributed by atoms with Crippen molar-refractivity contribution in [2.75, 3.05) is 5.73 Å². The minimum atomic E-state index is -0.164. The molecule has 1 aliphatic rings. The summed E-state index contributed by atoms with van der Waals surface area (Å²) in [5.41, 5.74) is 7.07. The maximum absolute atomic E-state index is 11.7. The Balaban J connectivity index is 1.90. The van der Waals surface area contributed by atoms with Gasteiger partial charge in [0, 0.05) is 16.6 Å². The number of hydrogen-bond donors (Lipinski definition) is 2. The average Bonchev–Trinajstić information content (AvgIpc) is 3.19. The average molecular weight is 287 g/mol. The summed E-state index contributed by atoms with van der Waals surface area (Å²) in [6.07, 6.45) is 2.32. The summed E-state index contributed by atoms with van der Waals surface area (Å²) in [6.45, 7) is 0. The van der Waals surface area contributed by atoms with Crippen LogP contribution in [-0.2, 0) is 6.42 Å². The molecule has 0 radical (unpaired) electrons. The lowest BCUT2D eigenvalue weighted by Crippen LogP contribution is -2.15. The quantitative estimate of drug-likeness (QED) is 0.834. The Kier molecular flexibility index (Phi) is 3.24. The van der Waals surface area contributed by atoms with Gasteiger partial charge in [-0.25, -0.2) is 9.89 Å². The van der Waals surface area contributed by atoms with E-state index in [4.69, 9.17) is 11.0 Å². The van der Waals surface area contributed by atoms with Crippen molar-refractivity contribution in [3.63, 3.8) is 0 Å². The maximum atomic E-state index is 11.7. The molecular formula is C13H13N5OS. The van der Waals surface area contributed by atoms with Gasteiger partial charge in [0.05, 0.1) is 12.5 Å². The molecule has 0 amide bonds. The van der Waals surface area contributed by atoms with E-state index in [1.54, 1.807) is 10.6 Å². The molecule has 1 aromatic heterocycles. The fourth-order valence-electron chi connectivity index (χ4n) is 2.01. The normalized spacial score (nSPS) is 14.2. The van der Waals surface area contributed by atoms with Crippen molar-refractivity contribution >= 4 is 17.4 Å². The first-order valence-electron chi connectivity index (χ1n) is 6.29. The first kappa shape index (κ1) is 12.8. The Hall–Kier alpha value is -2.20. The molecule has 6 nitrogen and oxygen atoms in total. The Morgan fingerprint density at radius 1 is 1.55 bits per heavy atom. The van der Waals surface area contributed by atoms with Crippen LogP contribution in [-0.4, -0.2) is 14.8 Å². The van der Waals surface area contributed by atoms with E-state index in [0.717, 1.165) is 23.3 Å². The molecule has 3 rings (SSSR count). The predicted molar refractivity (Wildman–Crippen MR) is 75.4 cm³/mol. The molecule has 0 unspecified atom stereocenters. The molecule has 102 valence electrons. The lowest BCUT2D eigenvalue weighted by Gasteiger charge is -2.06. The lowest BCUT2D eigenvalue weighted by atomic mass is 10.1. The smallest absolute Gasteiger partial charge is 0.344 e. The first-order chi connectivity index (χ1) is 9.69. The number of aromatic nitrogens is 3. The summed E-state index contributed by atoms with van der Waals surface area (Å²) in [5, 5.41) is 16.0. The third-order valence-electron chi connectivity index (χ3n) is 3.18. The van der Waals surface area contributed by atoms with Crippen LogP contribution >= 0.6 is 11.8 Å². The van der Waals surface area contributed by atoms with Gasteiger partial charge in [0.1, 0.15) is 0 Å². The summed E-state index contributed by atoms with van der Waals surface area (Å²) in [6, 6.07) is 7.89. The zero-order valence-electron chi connectivity index (χ0n) is 10.7. The molecule has 3 N–H and O–H groups in total. The van der Waals surface area contributed by atoms with Crippen molar-refractivity contribution in [3.05, 3.63) is 34.2 Å². The number of hydrogen-bond acceptors (Lipinski definition) is 5. The van der Waals surface area contributed by atoms with Gasteiger partial charge in [-0.15, -0.1) is 5.10 Å². The Morgan fingerprint density at radius 2 is 2.35 bits per heavy atom. The van der Waals surface area contributed by atoms with Crippen LogP contribution in [0.15, 0.2) is 33.0 Å². The Morgan fingerprint density at radius 3 is 3.05 bits per heavy atom. The number of aromatic amines is 1. The van der Waals surface area contributed by atoms with E-state index in [9.17, 15) is 4.79 Å². The Labute approximate surface area is 119 Å². The fourth-order valence-corrected chi connectivity index (χ4v) is 2.98. The number of anilines is 1. The number of H-pyrrole nitrogens is 1. The van der Waals surface area contributed by atoms with Gasteiger partial charge >= 0.3 is 5.69 Å². The number of rotatable bonds is 4. The molecule has 1 aliphatic carbocycles. The highest BCUT2D eigenvalue weighted by Gasteiger charge is 2.28. The largest absolute Gasteiger partial charge is 0.398 e. The second-order valence-corrected chi connectivity index (χ2v) is 5.75. The van der Waals surface area contributed by atoms with Gasteiger partial charge in [-0.1, -0.05) is 0 Å². The van der Waals surface area contributed by atoms with Gasteiger partial charge < -0.3 is 5.73 Å². The number of nitrogens with one attached hydrogen (secondary N) is 1. The highest BCUT2D eigenvalue weighted by Crippen LogP contribution is 2.38. The van der Waals surface area contributed by atoms with Crippen LogP contribution in [0.4, 0.5) is 5.69 Å². The van der Waals surface area contributed by atoms with E-state index in [1.165, 1.54) is 11.8 Å². The van der Waals surface area contributed by atoms with Crippen LogP contribution < -0.4 is 11.4 Å². The second-order valence-electron chi connectivity index (χ2n) is 4.71. The van der Waals surface area contributed by atoms with Crippen molar-refractivity contribution in [1.82, 2.24) is 14.8 Å². The summed E-state index contributed by atoms with van der Waals surface area (Å²) in [7, 11) is 0. The third-order valence-corrected chi connectivity index (χ3v) is 4.14. The van der Waals surface area contributed by atoms with Gasteiger partial charge in [-0.2, -0.15) is 5.26 Å². The summed E-state index contributed by atoms with van der Waals surface area (Å²) in [4.78, 5) is 12.6. The van der Waals surface area contributed by atoms with Gasteiger partial charge in [-0.05, 0) is 48.4 Å². The van der Waals surface area contributed by atoms with E-state index in [0.29, 0.717) is 10.8 Å². The standard InChI is InChI=1S/C13H13N5OS/c14-6-5-8-7-10(3-4-11(8)15)20-13-17-16-12(19)18(13)9-1-2-9/h3-4,7,9H,1-2,5,15H2,(H,16,19). The molecule has 0 aliphatic heterocycles. The van der Waals surface area contributed by atoms with E-state index in [-0.39, 0.29) is 18.2 Å². The molecule has 1 fully saturated rings. The van der Waals surface area contributed by atoms with Crippen molar-refractivity contribution < 1.29 is 0 Å². The van der Waals surface area contributed by atoms with Crippen molar-refractivity contribution in [2.45, 2.75) is 35.4 Å². The van der Waals surface area contributed by atoms with E-state index in [1.807, 2.05) is 12.1 Å². The van der Waals surface area contributed by atoms with Crippen molar-refractivity contribution in [1.29, 1.82) is 5.26 Å². The molecular weight excluding hydrogens is 274 g/mol. The zero-order chi connectivity index (χ0) is 14.1. The monoisotopic (exact) mass is 287 g/mol. The number of nitriles is 1. The van der Waals surface area contributed by atoms with Gasteiger partial charge in [0.25, 0.3) is 0 Å². The van der Waals surface area contributed by atoms with Crippen LogP contribution in [0.5, 0.6) is 0 Å². The van der Waals surface area contributed by atoms with Crippen LogP contribution in [0.2, 0.25) is 0 Å². The van der Waals surface area contributed by atoms with Crippen LogP contribution in [0.25, 0.3) is 0 Å². The van der Waals surface area contributed by atoms with Crippen LogP contribution in [0, 0.1) is 11.3 Å². The van der Waals surface area contributed by atoms with E-state index in [2.05, 4.69) is 16.3 Å². The maximum Gasteiger partial charge on any atom is 0.344 e. The predicted octanol–water partition coefficient (Wildman–Crippen LogP) is 1.71. The summed E-state index contributed by atoms with van der Waals surface area (Å²) < 4.78 is 1.70. The van der Waals surface area contributed by atoms with Crippen LogP contribution in [0.1, 0.15) is 24.4 Å². The molecule has 20 heavy (non-hydrogen) atoms. The lowest BCUT2D eigenvalue weighted by molar-refractivity contribution is 0.642. The molecule has 1 saturated carbocycles. The molecule has 1 aromatic carbocycles. The highest BCUT2D eigenvalue weighted by molar-refractivity contribution is 7.99. The van der Waals surface area contributed by atoms with Gasteiger partial charge in [0.2, 0.25) is 0 Å². The molecule has 7 heteroatoms. The number of nitrogen functional groups attached to an aromatic ring is 1. The third kappa shape index (κ3) is 2.42. The molecule has 0 saturated heterocycles. The summed E-state index contributed by atoms with van der Waals surface area (Å²) >= 11 is 1.41. The number of benzene rings is 1.